The lowest BCUT2D eigenvalue weighted by Gasteiger charge is -2.34. The van der Waals surface area contributed by atoms with Crippen molar-refractivity contribution in [2.45, 2.75) is 18.9 Å². The van der Waals surface area contributed by atoms with Crippen molar-refractivity contribution in [1.82, 2.24) is 0 Å². The Morgan fingerprint density at radius 2 is 1.81 bits per heavy atom. The van der Waals surface area contributed by atoms with E-state index in [0.717, 1.165) is 22.4 Å². The largest absolute Gasteiger partial charge is 0.493 e. The van der Waals surface area contributed by atoms with Crippen molar-refractivity contribution in [2.75, 3.05) is 39.7 Å². The number of amides is 1. The molecule has 2 aromatic rings. The van der Waals surface area contributed by atoms with Gasteiger partial charge >= 0.3 is 5.97 Å². The Balaban J connectivity index is 1.82. The van der Waals surface area contributed by atoms with Crippen LogP contribution < -0.4 is 19.7 Å². The van der Waals surface area contributed by atoms with Gasteiger partial charge in [0.25, 0.3) is 5.91 Å². The maximum atomic E-state index is 12.7. The molecule has 1 unspecified atom stereocenters. The number of hydrogen-bond acceptors (Lipinski definition) is 6. The second-order valence-corrected chi connectivity index (χ2v) is 7.31. The van der Waals surface area contributed by atoms with Crippen LogP contribution in [-0.2, 0) is 20.7 Å². The highest BCUT2D eigenvalue weighted by Gasteiger charge is 2.35. The molecule has 1 amide bonds. The third kappa shape index (κ3) is 5.13. The lowest BCUT2D eigenvalue weighted by molar-refractivity contribution is -0.925. The second-order valence-electron chi connectivity index (χ2n) is 7.31. The summed E-state index contributed by atoms with van der Waals surface area (Å²) in [5.74, 6) is 0.718. The van der Waals surface area contributed by atoms with Gasteiger partial charge in [-0.15, -0.1) is 0 Å². The number of esters is 1. The molecule has 0 bridgehead atoms. The van der Waals surface area contributed by atoms with Gasteiger partial charge in [0.05, 0.1) is 39.5 Å². The zero-order valence-electron chi connectivity index (χ0n) is 17.9. The first-order chi connectivity index (χ1) is 15.0. The molecule has 8 nitrogen and oxygen atoms in total. The molecule has 2 aromatic carbocycles. The van der Waals surface area contributed by atoms with Crippen LogP contribution in [0.3, 0.4) is 0 Å². The standard InChI is InChI=1S/C23H25N3O5/c1-29-20-10-16-8-9-26(14-22(27)25-17-6-4-15(13-24)5-7-17)19(12-23(28)31-3)18(16)11-21(20)30-2/h4-7,10-11,19H,8-9,12,14H2,1-3H3,(H,25,27)/p+1/t19-/m1/s1. The maximum Gasteiger partial charge on any atom is 0.311 e. The van der Waals surface area contributed by atoms with E-state index in [0.29, 0.717) is 29.3 Å². The fraction of sp³-hybridized carbons (Fsp3) is 0.348. The summed E-state index contributed by atoms with van der Waals surface area (Å²) >= 11 is 0. The number of nitrogens with one attached hydrogen (secondary N) is 2. The van der Waals surface area contributed by atoms with Crippen molar-refractivity contribution in [3.63, 3.8) is 0 Å². The molecule has 0 aromatic heterocycles. The van der Waals surface area contributed by atoms with Crippen molar-refractivity contribution in [2.24, 2.45) is 0 Å². The van der Waals surface area contributed by atoms with Crippen LogP contribution in [-0.4, -0.2) is 46.3 Å². The quantitative estimate of drug-likeness (QED) is 0.649. The summed E-state index contributed by atoms with van der Waals surface area (Å²) in [6, 6.07) is 12.3. The Morgan fingerprint density at radius 3 is 2.42 bits per heavy atom. The molecule has 31 heavy (non-hydrogen) atoms. The number of anilines is 1. The number of rotatable bonds is 7. The van der Waals surface area contributed by atoms with Crippen LogP contribution in [0.15, 0.2) is 36.4 Å². The van der Waals surface area contributed by atoms with E-state index in [9.17, 15) is 9.59 Å². The number of methoxy groups -OCH3 is 3. The van der Waals surface area contributed by atoms with E-state index < -0.39 is 0 Å². The Kier molecular flexibility index (Phi) is 7.11. The van der Waals surface area contributed by atoms with Gasteiger partial charge < -0.3 is 24.4 Å². The molecule has 0 aliphatic carbocycles. The van der Waals surface area contributed by atoms with E-state index in [2.05, 4.69) is 5.32 Å². The van der Waals surface area contributed by atoms with Crippen LogP contribution in [0, 0.1) is 11.3 Å². The van der Waals surface area contributed by atoms with Crippen molar-refractivity contribution >= 4 is 17.6 Å². The predicted molar refractivity (Wildman–Crippen MR) is 113 cm³/mol. The zero-order chi connectivity index (χ0) is 22.4. The average Bonchev–Trinajstić information content (AvgIpc) is 2.79. The third-order valence-corrected chi connectivity index (χ3v) is 5.51. The first kappa shape index (κ1) is 22.1. The van der Waals surface area contributed by atoms with E-state index in [1.54, 1.807) is 38.5 Å². The fourth-order valence-corrected chi connectivity index (χ4v) is 3.92. The number of hydrogen-bond donors (Lipinski definition) is 2. The van der Waals surface area contributed by atoms with Gasteiger partial charge in [-0.2, -0.15) is 5.26 Å². The van der Waals surface area contributed by atoms with E-state index in [-0.39, 0.29) is 30.9 Å². The summed E-state index contributed by atoms with van der Waals surface area (Å²) < 4.78 is 15.8. The summed E-state index contributed by atoms with van der Waals surface area (Å²) in [5, 5.41) is 11.8. The number of nitriles is 1. The van der Waals surface area contributed by atoms with Gasteiger partial charge in [-0.1, -0.05) is 0 Å². The zero-order valence-corrected chi connectivity index (χ0v) is 17.9. The minimum Gasteiger partial charge on any atom is -0.493 e. The molecule has 8 heteroatoms. The Hall–Kier alpha value is -3.57. The Bertz CT molecular complexity index is 998. The first-order valence-corrected chi connectivity index (χ1v) is 9.95. The molecule has 1 aliphatic rings. The van der Waals surface area contributed by atoms with Crippen molar-refractivity contribution in [3.8, 4) is 17.6 Å². The number of carbonyl (C=O) groups excluding carboxylic acids is 2. The molecule has 2 atom stereocenters. The Labute approximate surface area is 181 Å². The number of nitrogens with zero attached hydrogens (tertiary/aromatic N) is 1. The number of quaternary nitrogens is 1. The van der Waals surface area contributed by atoms with Crippen LogP contribution in [0.1, 0.15) is 29.2 Å². The minimum absolute atomic E-state index is 0.151. The molecule has 3 rings (SSSR count). The van der Waals surface area contributed by atoms with Gasteiger partial charge in [-0.25, -0.2) is 0 Å². The van der Waals surface area contributed by atoms with E-state index in [1.165, 1.54) is 7.11 Å². The fourth-order valence-electron chi connectivity index (χ4n) is 3.92. The number of fused-ring (bicyclic) bond motifs is 1. The van der Waals surface area contributed by atoms with Gasteiger partial charge in [-0.05, 0) is 42.0 Å². The van der Waals surface area contributed by atoms with Crippen LogP contribution in [0.2, 0.25) is 0 Å². The van der Waals surface area contributed by atoms with Gasteiger partial charge in [0.15, 0.2) is 18.0 Å². The lowest BCUT2D eigenvalue weighted by Crippen LogP contribution is -3.14. The molecule has 1 heterocycles. The number of benzene rings is 2. The van der Waals surface area contributed by atoms with Crippen LogP contribution in [0.5, 0.6) is 11.5 Å². The normalized spacial score (nSPS) is 17.1. The molecule has 162 valence electrons. The van der Waals surface area contributed by atoms with E-state index in [4.69, 9.17) is 19.5 Å². The SMILES string of the molecule is COC(=O)C[C@@H]1c2cc(OC)c(OC)cc2CC[NH+]1CC(=O)Nc1ccc(C#N)cc1. The molecular formula is C23H26N3O5+. The molecule has 0 spiro atoms. The Morgan fingerprint density at radius 1 is 1.13 bits per heavy atom. The van der Waals surface area contributed by atoms with Gasteiger partial charge in [0, 0.05) is 17.7 Å². The van der Waals surface area contributed by atoms with E-state index in [1.807, 2.05) is 18.2 Å². The predicted octanol–water partition coefficient (Wildman–Crippen LogP) is 1.26. The molecule has 1 aliphatic heterocycles. The summed E-state index contributed by atoms with van der Waals surface area (Å²) in [5.41, 5.74) is 3.17. The topological polar surface area (TPSA) is 102 Å². The van der Waals surface area contributed by atoms with Crippen LogP contribution in [0.25, 0.3) is 0 Å². The van der Waals surface area contributed by atoms with E-state index >= 15 is 0 Å². The maximum absolute atomic E-state index is 12.7. The molecular weight excluding hydrogens is 398 g/mol. The molecule has 0 saturated carbocycles. The van der Waals surface area contributed by atoms with Crippen molar-refractivity contribution in [3.05, 3.63) is 53.1 Å². The lowest BCUT2D eigenvalue weighted by atomic mass is 9.90. The number of ether oxygens (including phenoxy) is 3. The van der Waals surface area contributed by atoms with Crippen LogP contribution >= 0.6 is 0 Å². The number of carbonyl (C=O) groups is 2. The average molecular weight is 424 g/mol. The minimum atomic E-state index is -0.336. The summed E-state index contributed by atoms with van der Waals surface area (Å²) in [6.45, 7) is 0.875. The molecule has 0 fully saturated rings. The smallest absolute Gasteiger partial charge is 0.311 e. The van der Waals surface area contributed by atoms with Crippen LogP contribution in [0.4, 0.5) is 5.69 Å². The summed E-state index contributed by atoms with van der Waals surface area (Å²) in [6.07, 6.45) is 0.894. The highest BCUT2D eigenvalue weighted by Crippen LogP contribution is 2.35. The second kappa shape index (κ2) is 9.96. The highest BCUT2D eigenvalue weighted by molar-refractivity contribution is 5.91. The third-order valence-electron chi connectivity index (χ3n) is 5.51. The summed E-state index contributed by atoms with van der Waals surface area (Å²) in [4.78, 5) is 25.8. The highest BCUT2D eigenvalue weighted by atomic mass is 16.5. The molecule has 0 saturated heterocycles. The van der Waals surface area contributed by atoms with Gasteiger partial charge in [0.2, 0.25) is 0 Å². The summed E-state index contributed by atoms with van der Waals surface area (Å²) in [7, 11) is 4.51. The van der Waals surface area contributed by atoms with Gasteiger partial charge in [0.1, 0.15) is 12.5 Å². The monoisotopic (exact) mass is 424 g/mol. The first-order valence-electron chi connectivity index (χ1n) is 9.95. The molecule has 2 N–H and O–H groups in total. The van der Waals surface area contributed by atoms with Gasteiger partial charge in [-0.3, -0.25) is 9.59 Å². The van der Waals surface area contributed by atoms with Crippen molar-refractivity contribution in [1.29, 1.82) is 5.26 Å². The van der Waals surface area contributed by atoms with Crippen molar-refractivity contribution < 1.29 is 28.7 Å². The molecule has 0 radical (unpaired) electrons.